The number of amides is 1. The first-order valence-corrected chi connectivity index (χ1v) is 12.8. The number of rotatable bonds is 6. The van der Waals surface area contributed by atoms with Gasteiger partial charge in [0.05, 0.1) is 5.41 Å². The molecule has 7 rings (SSSR count). The number of anilines is 5. The number of carbonyl (C=O) groups excluding carboxylic acids is 1. The Hall–Kier alpha value is -3.41. The molecule has 0 spiro atoms. The molecule has 0 unspecified atom stereocenters. The predicted octanol–water partition coefficient (Wildman–Crippen LogP) is 6.74. The normalized spacial score (nSPS) is 26.4. The van der Waals surface area contributed by atoms with Gasteiger partial charge in [0.25, 0.3) is 0 Å². The lowest BCUT2D eigenvalue weighted by Gasteiger charge is -2.55. The van der Waals surface area contributed by atoms with Crippen LogP contribution < -0.4 is 16.0 Å². The van der Waals surface area contributed by atoms with Crippen LogP contribution in [0.2, 0.25) is 0 Å². The van der Waals surface area contributed by atoms with E-state index in [1.807, 2.05) is 49.4 Å². The molecule has 4 fully saturated rings. The third-order valence-corrected chi connectivity index (χ3v) is 8.10. The van der Waals surface area contributed by atoms with Crippen LogP contribution in [0.25, 0.3) is 0 Å². The standard InChI is InChI=1S/C29H33N5O/c1-18-3-5-23(6-4-18)31-26-11-19(2)30-28(34-26)33-25-9-7-24(8-10-25)32-27(35)29-15-20-12-21(16-29)14-22(13-20)17-29/h3-11,20-22H,12-17H2,1-2H3,(H,32,35)(H2,30,31,33,34). The van der Waals surface area contributed by atoms with E-state index in [-0.39, 0.29) is 11.3 Å². The summed E-state index contributed by atoms with van der Waals surface area (Å²) in [6, 6.07) is 18.0. The summed E-state index contributed by atoms with van der Waals surface area (Å²) in [5.41, 5.74) is 4.67. The zero-order valence-corrected chi connectivity index (χ0v) is 20.5. The van der Waals surface area contributed by atoms with Crippen molar-refractivity contribution in [1.29, 1.82) is 0 Å². The largest absolute Gasteiger partial charge is 0.340 e. The van der Waals surface area contributed by atoms with Crippen molar-refractivity contribution in [3.63, 3.8) is 0 Å². The third-order valence-electron chi connectivity index (χ3n) is 8.10. The molecular weight excluding hydrogens is 434 g/mol. The second-order valence-corrected chi connectivity index (χ2v) is 11.1. The summed E-state index contributed by atoms with van der Waals surface area (Å²) in [4.78, 5) is 22.5. The van der Waals surface area contributed by atoms with Crippen LogP contribution >= 0.6 is 0 Å². The summed E-state index contributed by atoms with van der Waals surface area (Å²) in [6.45, 7) is 4.02. The van der Waals surface area contributed by atoms with Gasteiger partial charge in [-0.15, -0.1) is 0 Å². The van der Waals surface area contributed by atoms with Gasteiger partial charge in [0, 0.05) is 28.8 Å². The predicted molar refractivity (Wildman–Crippen MR) is 140 cm³/mol. The molecule has 2 aromatic carbocycles. The first-order chi connectivity index (χ1) is 16.9. The topological polar surface area (TPSA) is 78.9 Å². The molecule has 4 aliphatic carbocycles. The molecule has 1 amide bonds. The monoisotopic (exact) mass is 467 g/mol. The minimum atomic E-state index is -0.137. The van der Waals surface area contributed by atoms with E-state index in [0.29, 0.717) is 5.95 Å². The number of benzene rings is 2. The van der Waals surface area contributed by atoms with Crippen LogP contribution in [0.5, 0.6) is 0 Å². The van der Waals surface area contributed by atoms with Crippen LogP contribution in [0.3, 0.4) is 0 Å². The van der Waals surface area contributed by atoms with Gasteiger partial charge in [0.1, 0.15) is 5.82 Å². The second-order valence-electron chi connectivity index (χ2n) is 11.1. The molecule has 3 aromatic rings. The number of aromatic nitrogens is 2. The molecular formula is C29H33N5O. The van der Waals surface area contributed by atoms with Crippen molar-refractivity contribution in [1.82, 2.24) is 9.97 Å². The molecule has 0 aliphatic heterocycles. The zero-order valence-electron chi connectivity index (χ0n) is 20.5. The molecule has 4 aliphatic rings. The Balaban J connectivity index is 1.11. The van der Waals surface area contributed by atoms with E-state index in [1.54, 1.807) is 0 Å². The highest BCUT2D eigenvalue weighted by atomic mass is 16.2. The number of hydrogen-bond acceptors (Lipinski definition) is 5. The zero-order chi connectivity index (χ0) is 24.0. The maximum atomic E-state index is 13.3. The van der Waals surface area contributed by atoms with E-state index >= 15 is 0 Å². The van der Waals surface area contributed by atoms with Gasteiger partial charge in [-0.25, -0.2) is 4.98 Å². The molecule has 0 radical (unpaired) electrons. The van der Waals surface area contributed by atoms with Gasteiger partial charge in [-0.2, -0.15) is 4.98 Å². The molecule has 6 heteroatoms. The first-order valence-electron chi connectivity index (χ1n) is 12.8. The van der Waals surface area contributed by atoms with E-state index in [9.17, 15) is 4.79 Å². The van der Waals surface area contributed by atoms with Crippen LogP contribution in [-0.4, -0.2) is 15.9 Å². The molecule has 35 heavy (non-hydrogen) atoms. The molecule has 0 saturated heterocycles. The SMILES string of the molecule is Cc1ccc(Nc2cc(C)nc(Nc3ccc(NC(=O)C45CC6CC(CC(C6)C4)C5)cc3)n2)cc1. The van der Waals surface area contributed by atoms with E-state index in [0.717, 1.165) is 65.6 Å². The highest BCUT2D eigenvalue weighted by molar-refractivity contribution is 5.95. The van der Waals surface area contributed by atoms with Gasteiger partial charge >= 0.3 is 0 Å². The van der Waals surface area contributed by atoms with Crippen molar-refractivity contribution < 1.29 is 4.79 Å². The van der Waals surface area contributed by atoms with Gasteiger partial charge in [0.15, 0.2) is 0 Å². The van der Waals surface area contributed by atoms with E-state index in [2.05, 4.69) is 45.0 Å². The third kappa shape index (κ3) is 4.62. The Kier molecular flexibility index (Phi) is 5.47. The quantitative estimate of drug-likeness (QED) is 0.374. The summed E-state index contributed by atoms with van der Waals surface area (Å²) >= 11 is 0. The Morgan fingerprint density at radius 3 is 1.94 bits per heavy atom. The Morgan fingerprint density at radius 2 is 1.31 bits per heavy atom. The lowest BCUT2D eigenvalue weighted by atomic mass is 9.49. The lowest BCUT2D eigenvalue weighted by molar-refractivity contribution is -0.140. The minimum absolute atomic E-state index is 0.137. The average molecular weight is 468 g/mol. The van der Waals surface area contributed by atoms with Gasteiger partial charge in [0.2, 0.25) is 11.9 Å². The number of nitrogens with one attached hydrogen (secondary N) is 3. The molecule has 0 atom stereocenters. The van der Waals surface area contributed by atoms with Gasteiger partial charge in [-0.05, 0) is 107 Å². The minimum Gasteiger partial charge on any atom is -0.340 e. The molecule has 4 saturated carbocycles. The van der Waals surface area contributed by atoms with E-state index in [1.165, 1.54) is 24.8 Å². The average Bonchev–Trinajstić information content (AvgIpc) is 2.81. The van der Waals surface area contributed by atoms with Crippen LogP contribution in [0.4, 0.5) is 28.8 Å². The number of aryl methyl sites for hydroxylation is 2. The number of hydrogen-bond donors (Lipinski definition) is 3. The highest BCUT2D eigenvalue weighted by Crippen LogP contribution is 2.60. The summed E-state index contributed by atoms with van der Waals surface area (Å²) in [6.07, 6.45) is 7.26. The molecule has 6 nitrogen and oxygen atoms in total. The maximum Gasteiger partial charge on any atom is 0.230 e. The van der Waals surface area contributed by atoms with Crippen molar-refractivity contribution in [2.75, 3.05) is 16.0 Å². The fourth-order valence-corrected chi connectivity index (χ4v) is 6.89. The summed E-state index contributed by atoms with van der Waals surface area (Å²) in [5, 5.41) is 9.87. The Morgan fingerprint density at radius 1 is 0.771 bits per heavy atom. The van der Waals surface area contributed by atoms with E-state index in [4.69, 9.17) is 0 Å². The van der Waals surface area contributed by atoms with Gasteiger partial charge in [-0.3, -0.25) is 4.79 Å². The molecule has 1 aromatic heterocycles. The van der Waals surface area contributed by atoms with Crippen LogP contribution in [0.1, 0.15) is 49.8 Å². The van der Waals surface area contributed by atoms with Crippen molar-refractivity contribution >= 4 is 34.7 Å². The van der Waals surface area contributed by atoms with Gasteiger partial charge < -0.3 is 16.0 Å². The van der Waals surface area contributed by atoms with Crippen molar-refractivity contribution in [3.05, 3.63) is 65.9 Å². The lowest BCUT2D eigenvalue weighted by Crippen LogP contribution is -2.51. The molecule has 3 N–H and O–H groups in total. The van der Waals surface area contributed by atoms with E-state index < -0.39 is 0 Å². The van der Waals surface area contributed by atoms with Crippen molar-refractivity contribution in [3.8, 4) is 0 Å². The summed E-state index contributed by atoms with van der Waals surface area (Å²) < 4.78 is 0. The van der Waals surface area contributed by atoms with Crippen LogP contribution in [-0.2, 0) is 4.79 Å². The molecule has 1 heterocycles. The summed E-state index contributed by atoms with van der Waals surface area (Å²) in [7, 11) is 0. The summed E-state index contributed by atoms with van der Waals surface area (Å²) in [5.74, 6) is 3.79. The van der Waals surface area contributed by atoms with Crippen molar-refractivity contribution in [2.45, 2.75) is 52.4 Å². The molecule has 180 valence electrons. The smallest absolute Gasteiger partial charge is 0.230 e. The molecule has 4 bridgehead atoms. The number of nitrogens with zero attached hydrogens (tertiary/aromatic N) is 2. The Labute approximate surface area is 207 Å². The fourth-order valence-electron chi connectivity index (χ4n) is 6.89. The van der Waals surface area contributed by atoms with Crippen LogP contribution in [0.15, 0.2) is 54.6 Å². The van der Waals surface area contributed by atoms with Crippen LogP contribution in [0, 0.1) is 37.0 Å². The fraction of sp³-hybridized carbons (Fsp3) is 0.414. The maximum absolute atomic E-state index is 13.3. The van der Waals surface area contributed by atoms with Gasteiger partial charge in [-0.1, -0.05) is 17.7 Å². The second kappa shape index (κ2) is 8.67. The van der Waals surface area contributed by atoms with Crippen molar-refractivity contribution in [2.24, 2.45) is 23.2 Å². The Bertz CT molecular complexity index is 1200. The first kappa shape index (κ1) is 22.1. The highest BCUT2D eigenvalue weighted by Gasteiger charge is 2.54. The number of carbonyl (C=O) groups is 1.